The first-order valence-corrected chi connectivity index (χ1v) is 9.76. The Hall–Kier alpha value is -2.16. The van der Waals surface area contributed by atoms with Crippen molar-refractivity contribution in [2.45, 2.75) is 11.4 Å². The predicted molar refractivity (Wildman–Crippen MR) is 96.1 cm³/mol. The lowest BCUT2D eigenvalue weighted by atomic mass is 10.3. The van der Waals surface area contributed by atoms with Crippen LogP contribution in [0, 0.1) is 0 Å². The number of tetrazole rings is 1. The third-order valence-corrected chi connectivity index (χ3v) is 5.28. The molecule has 0 atom stereocenters. The van der Waals surface area contributed by atoms with Gasteiger partial charge in [0.1, 0.15) is 0 Å². The Balaban J connectivity index is 1.79. The Kier molecular flexibility index (Phi) is 4.94. The minimum Gasteiger partial charge on any atom is -0.378 e. The van der Waals surface area contributed by atoms with Gasteiger partial charge in [0, 0.05) is 11.9 Å². The number of halogens is 2. The van der Waals surface area contributed by atoms with Crippen LogP contribution in [0.2, 0.25) is 10.0 Å². The fraction of sp³-hybridized carbons (Fsp3) is 0.133. The lowest BCUT2D eigenvalue weighted by molar-refractivity contribution is 0.602. The van der Waals surface area contributed by atoms with Crippen molar-refractivity contribution in [2.24, 2.45) is 0 Å². The Labute approximate surface area is 154 Å². The highest BCUT2D eigenvalue weighted by Crippen LogP contribution is 2.25. The van der Waals surface area contributed by atoms with Crippen molar-refractivity contribution in [3.8, 4) is 5.69 Å². The average Bonchev–Trinajstić information content (AvgIpc) is 3.04. The first-order chi connectivity index (χ1) is 11.8. The molecule has 2 aromatic carbocycles. The van der Waals surface area contributed by atoms with Crippen molar-refractivity contribution >= 4 is 38.7 Å². The number of nitrogens with one attached hydrogen (secondary N) is 1. The molecular weight excluding hydrogens is 385 g/mol. The van der Waals surface area contributed by atoms with Crippen LogP contribution in [0.3, 0.4) is 0 Å². The molecule has 0 bridgehead atoms. The maximum absolute atomic E-state index is 11.5. The van der Waals surface area contributed by atoms with Crippen molar-refractivity contribution in [3.63, 3.8) is 0 Å². The van der Waals surface area contributed by atoms with E-state index in [1.807, 2.05) is 0 Å². The van der Waals surface area contributed by atoms with E-state index >= 15 is 0 Å². The number of aromatic nitrogens is 4. The van der Waals surface area contributed by atoms with Crippen LogP contribution in [0.1, 0.15) is 5.82 Å². The molecule has 0 saturated heterocycles. The predicted octanol–water partition coefficient (Wildman–Crippen LogP) is 2.98. The summed E-state index contributed by atoms with van der Waals surface area (Å²) in [5.74, 6) is 0.554. The van der Waals surface area contributed by atoms with Gasteiger partial charge in [0.05, 0.1) is 27.2 Å². The summed E-state index contributed by atoms with van der Waals surface area (Å²) in [7, 11) is -3.25. The van der Waals surface area contributed by atoms with Crippen LogP contribution in [0.4, 0.5) is 5.69 Å². The molecule has 10 heteroatoms. The highest BCUT2D eigenvalue weighted by Gasteiger charge is 2.11. The van der Waals surface area contributed by atoms with Crippen LogP contribution in [-0.2, 0) is 16.4 Å². The van der Waals surface area contributed by atoms with Gasteiger partial charge < -0.3 is 5.32 Å². The fourth-order valence-electron chi connectivity index (χ4n) is 2.14. The molecule has 1 N–H and O–H groups in total. The van der Waals surface area contributed by atoms with Gasteiger partial charge in [-0.3, -0.25) is 0 Å². The van der Waals surface area contributed by atoms with Gasteiger partial charge in [0.2, 0.25) is 0 Å². The fourth-order valence-corrected chi connectivity index (χ4v) is 3.07. The number of nitrogens with zero attached hydrogens (tertiary/aromatic N) is 4. The third-order valence-electron chi connectivity index (χ3n) is 3.41. The van der Waals surface area contributed by atoms with E-state index in [9.17, 15) is 8.42 Å². The normalized spacial score (nSPS) is 11.5. The molecule has 3 rings (SSSR count). The first-order valence-electron chi connectivity index (χ1n) is 7.11. The van der Waals surface area contributed by atoms with Gasteiger partial charge in [-0.25, -0.2) is 8.42 Å². The largest absolute Gasteiger partial charge is 0.378 e. The van der Waals surface area contributed by atoms with Crippen LogP contribution >= 0.6 is 23.2 Å². The molecule has 0 saturated carbocycles. The van der Waals surface area contributed by atoms with Gasteiger partial charge in [0.15, 0.2) is 15.7 Å². The van der Waals surface area contributed by atoms with Gasteiger partial charge in [-0.15, -0.1) is 5.10 Å². The number of sulfone groups is 1. The lowest BCUT2D eigenvalue weighted by Gasteiger charge is -2.08. The molecule has 0 fully saturated rings. The lowest BCUT2D eigenvalue weighted by Crippen LogP contribution is -2.09. The van der Waals surface area contributed by atoms with E-state index in [-0.39, 0.29) is 4.90 Å². The monoisotopic (exact) mass is 397 g/mol. The molecule has 0 aliphatic carbocycles. The van der Waals surface area contributed by atoms with Crippen molar-refractivity contribution < 1.29 is 8.42 Å². The van der Waals surface area contributed by atoms with E-state index in [4.69, 9.17) is 23.2 Å². The van der Waals surface area contributed by atoms with E-state index < -0.39 is 9.84 Å². The number of anilines is 1. The second-order valence-corrected chi connectivity index (χ2v) is 8.09. The van der Waals surface area contributed by atoms with Gasteiger partial charge >= 0.3 is 0 Å². The van der Waals surface area contributed by atoms with Crippen LogP contribution in [0.5, 0.6) is 0 Å². The maximum atomic E-state index is 11.5. The van der Waals surface area contributed by atoms with E-state index in [1.54, 1.807) is 30.3 Å². The van der Waals surface area contributed by atoms with Gasteiger partial charge in [-0.2, -0.15) is 4.68 Å². The molecule has 0 spiro atoms. The highest BCUT2D eigenvalue weighted by molar-refractivity contribution is 7.90. The second kappa shape index (κ2) is 6.99. The molecule has 1 aromatic heterocycles. The summed E-state index contributed by atoms with van der Waals surface area (Å²) in [5, 5.41) is 15.7. The molecule has 25 heavy (non-hydrogen) atoms. The second-order valence-electron chi connectivity index (χ2n) is 5.26. The van der Waals surface area contributed by atoms with Crippen molar-refractivity contribution in [3.05, 3.63) is 58.3 Å². The van der Waals surface area contributed by atoms with E-state index in [0.29, 0.717) is 28.1 Å². The zero-order chi connectivity index (χ0) is 18.0. The van der Waals surface area contributed by atoms with Crippen LogP contribution in [0.25, 0.3) is 5.69 Å². The molecule has 1 heterocycles. The Morgan fingerprint density at radius 1 is 1.08 bits per heavy atom. The quantitative estimate of drug-likeness (QED) is 0.711. The molecule has 7 nitrogen and oxygen atoms in total. The molecule has 130 valence electrons. The smallest absolute Gasteiger partial charge is 0.175 e. The average molecular weight is 398 g/mol. The third kappa shape index (κ3) is 4.09. The Morgan fingerprint density at radius 3 is 2.44 bits per heavy atom. The first kappa shape index (κ1) is 17.7. The number of hydrogen-bond acceptors (Lipinski definition) is 6. The van der Waals surface area contributed by atoms with E-state index in [2.05, 4.69) is 20.8 Å². The van der Waals surface area contributed by atoms with Crippen molar-refractivity contribution in [2.75, 3.05) is 11.6 Å². The maximum Gasteiger partial charge on any atom is 0.175 e. The highest BCUT2D eigenvalue weighted by atomic mass is 35.5. The summed E-state index contributed by atoms with van der Waals surface area (Å²) in [4.78, 5) is 0.236. The summed E-state index contributed by atoms with van der Waals surface area (Å²) < 4.78 is 24.6. The SMILES string of the molecule is CS(=O)(=O)c1ccc(-n2nnnc2CNc2ccc(Cl)c(Cl)c2)cc1. The number of hydrogen-bond donors (Lipinski definition) is 1. The van der Waals surface area contributed by atoms with Crippen molar-refractivity contribution in [1.82, 2.24) is 20.2 Å². The minimum absolute atomic E-state index is 0.236. The molecular formula is C15H13Cl2N5O2S. The van der Waals surface area contributed by atoms with Crippen LogP contribution in [-0.4, -0.2) is 34.9 Å². The molecule has 0 unspecified atom stereocenters. The van der Waals surface area contributed by atoms with E-state index in [1.165, 1.54) is 16.8 Å². The van der Waals surface area contributed by atoms with Gasteiger partial charge in [-0.05, 0) is 52.9 Å². The van der Waals surface area contributed by atoms with Crippen LogP contribution in [0.15, 0.2) is 47.4 Å². The zero-order valence-electron chi connectivity index (χ0n) is 13.0. The van der Waals surface area contributed by atoms with Crippen LogP contribution < -0.4 is 5.32 Å². The summed E-state index contributed by atoms with van der Waals surface area (Å²) in [5.41, 5.74) is 1.43. The molecule has 0 amide bonds. The Morgan fingerprint density at radius 2 is 1.80 bits per heavy atom. The summed E-state index contributed by atoms with van der Waals surface area (Å²) in [6, 6.07) is 11.5. The summed E-state index contributed by atoms with van der Waals surface area (Å²) >= 11 is 11.9. The molecule has 0 aliphatic rings. The topological polar surface area (TPSA) is 89.8 Å². The molecule has 3 aromatic rings. The minimum atomic E-state index is -3.25. The summed E-state index contributed by atoms with van der Waals surface area (Å²) in [6.07, 6.45) is 1.16. The standard InChI is InChI=1S/C15H13Cl2N5O2S/c1-25(23,24)12-5-3-11(4-6-12)22-15(19-20-21-22)9-18-10-2-7-13(16)14(17)8-10/h2-8,18H,9H2,1H3. The zero-order valence-corrected chi connectivity index (χ0v) is 15.3. The number of benzene rings is 2. The summed E-state index contributed by atoms with van der Waals surface area (Å²) in [6.45, 7) is 0.346. The number of rotatable bonds is 5. The van der Waals surface area contributed by atoms with E-state index in [0.717, 1.165) is 11.9 Å². The molecule has 0 radical (unpaired) electrons. The Bertz CT molecular complexity index is 1000. The molecule has 0 aliphatic heterocycles. The van der Waals surface area contributed by atoms with Gasteiger partial charge in [0.25, 0.3) is 0 Å². The van der Waals surface area contributed by atoms with Crippen molar-refractivity contribution in [1.29, 1.82) is 0 Å². The van der Waals surface area contributed by atoms with Gasteiger partial charge in [-0.1, -0.05) is 23.2 Å².